The normalized spacial score (nSPS) is 24.2. The number of benzene rings is 1. The van der Waals surface area contributed by atoms with Crippen molar-refractivity contribution in [2.24, 2.45) is 0 Å². The molecule has 0 radical (unpaired) electrons. The van der Waals surface area contributed by atoms with Gasteiger partial charge in [-0.2, -0.15) is 0 Å². The maximum Gasteiger partial charge on any atom is 0.323 e. The van der Waals surface area contributed by atoms with Crippen molar-refractivity contribution in [1.82, 2.24) is 5.32 Å². The number of hydrogen-bond acceptors (Lipinski definition) is 3. The van der Waals surface area contributed by atoms with E-state index in [0.717, 1.165) is 0 Å². The quantitative estimate of drug-likeness (QED) is 0.573. The second-order valence-corrected chi connectivity index (χ2v) is 3.95. The lowest BCUT2D eigenvalue weighted by molar-refractivity contribution is -0.153. The third kappa shape index (κ3) is 1.69. The zero-order valence-corrected chi connectivity index (χ0v) is 8.97. The lowest BCUT2D eigenvalue weighted by Gasteiger charge is -2.31. The Labute approximate surface area is 97.4 Å². The molecule has 0 bridgehead atoms. The minimum absolute atomic E-state index is 0.00296. The van der Waals surface area contributed by atoms with Gasteiger partial charge in [-0.15, -0.1) is 0 Å². The smallest absolute Gasteiger partial charge is 0.323 e. The standard InChI is InChI=1S/C12H11NO4/c14-9-6-7-12(11(16)17,10(15)13-9)8-4-2-1-3-5-8/h1-5H,6-7H2,(H,16,17)(H,13,14,15). The molecule has 1 aliphatic rings. The predicted molar refractivity (Wildman–Crippen MR) is 58.1 cm³/mol. The van der Waals surface area contributed by atoms with Gasteiger partial charge in [0.05, 0.1) is 0 Å². The highest BCUT2D eigenvalue weighted by molar-refractivity contribution is 6.14. The Balaban J connectivity index is 2.51. The molecule has 17 heavy (non-hydrogen) atoms. The number of aliphatic carboxylic acids is 1. The summed E-state index contributed by atoms with van der Waals surface area (Å²) in [5.41, 5.74) is -1.24. The first-order valence-electron chi connectivity index (χ1n) is 5.20. The number of carboxylic acids is 1. The third-order valence-corrected chi connectivity index (χ3v) is 3.00. The summed E-state index contributed by atoms with van der Waals surface area (Å²) in [4.78, 5) is 34.4. The zero-order chi connectivity index (χ0) is 12.5. The van der Waals surface area contributed by atoms with Gasteiger partial charge in [0, 0.05) is 6.42 Å². The monoisotopic (exact) mass is 233 g/mol. The van der Waals surface area contributed by atoms with Crippen molar-refractivity contribution in [3.63, 3.8) is 0 Å². The molecule has 5 nitrogen and oxygen atoms in total. The average Bonchev–Trinajstić information content (AvgIpc) is 2.30. The minimum Gasteiger partial charge on any atom is -0.480 e. The number of hydrogen-bond donors (Lipinski definition) is 2. The van der Waals surface area contributed by atoms with Crippen molar-refractivity contribution in [3.05, 3.63) is 35.9 Å². The van der Waals surface area contributed by atoms with Gasteiger partial charge in [-0.25, -0.2) is 0 Å². The number of nitrogens with one attached hydrogen (secondary N) is 1. The van der Waals surface area contributed by atoms with Gasteiger partial charge < -0.3 is 5.11 Å². The van der Waals surface area contributed by atoms with Crippen molar-refractivity contribution >= 4 is 17.8 Å². The van der Waals surface area contributed by atoms with Crippen molar-refractivity contribution in [3.8, 4) is 0 Å². The van der Waals surface area contributed by atoms with E-state index in [1.807, 2.05) is 0 Å². The Hall–Kier alpha value is -2.17. The van der Waals surface area contributed by atoms with Crippen LogP contribution in [0, 0.1) is 0 Å². The van der Waals surface area contributed by atoms with E-state index in [4.69, 9.17) is 0 Å². The molecule has 2 amide bonds. The van der Waals surface area contributed by atoms with Crippen LogP contribution in [-0.2, 0) is 19.8 Å². The maximum absolute atomic E-state index is 11.9. The zero-order valence-electron chi connectivity index (χ0n) is 8.97. The lowest BCUT2D eigenvalue weighted by atomic mass is 9.74. The average molecular weight is 233 g/mol. The molecule has 0 spiro atoms. The van der Waals surface area contributed by atoms with Crippen LogP contribution in [0.4, 0.5) is 0 Å². The van der Waals surface area contributed by atoms with Crippen LogP contribution in [0.1, 0.15) is 18.4 Å². The largest absolute Gasteiger partial charge is 0.480 e. The first kappa shape index (κ1) is 11.3. The number of amides is 2. The fourth-order valence-electron chi connectivity index (χ4n) is 2.04. The van der Waals surface area contributed by atoms with E-state index >= 15 is 0 Å². The van der Waals surface area contributed by atoms with E-state index < -0.39 is 23.2 Å². The molecule has 1 heterocycles. The molecule has 1 unspecified atom stereocenters. The third-order valence-electron chi connectivity index (χ3n) is 3.00. The summed E-state index contributed by atoms with van der Waals surface area (Å²) in [6, 6.07) is 8.26. The van der Waals surface area contributed by atoms with Crippen molar-refractivity contribution in [2.45, 2.75) is 18.3 Å². The molecule has 1 saturated heterocycles. The second kappa shape index (κ2) is 4.01. The van der Waals surface area contributed by atoms with Gasteiger partial charge in [-0.05, 0) is 12.0 Å². The summed E-state index contributed by atoms with van der Waals surface area (Å²) in [6.45, 7) is 0. The molecular formula is C12H11NO4. The van der Waals surface area contributed by atoms with Crippen molar-refractivity contribution < 1.29 is 19.5 Å². The molecular weight excluding hydrogens is 222 g/mol. The number of imide groups is 1. The molecule has 1 fully saturated rings. The van der Waals surface area contributed by atoms with E-state index in [0.29, 0.717) is 5.56 Å². The van der Waals surface area contributed by atoms with Crippen LogP contribution in [0.5, 0.6) is 0 Å². The van der Waals surface area contributed by atoms with E-state index in [9.17, 15) is 19.5 Å². The van der Waals surface area contributed by atoms with Crippen LogP contribution < -0.4 is 5.32 Å². The summed E-state index contributed by atoms with van der Waals surface area (Å²) < 4.78 is 0. The SMILES string of the molecule is O=C1CCC(C(=O)O)(c2ccccc2)C(=O)N1. The molecule has 1 aromatic carbocycles. The summed E-state index contributed by atoms with van der Waals surface area (Å²) in [7, 11) is 0. The molecule has 1 aliphatic heterocycles. The van der Waals surface area contributed by atoms with Crippen LogP contribution in [0.3, 0.4) is 0 Å². The highest BCUT2D eigenvalue weighted by Gasteiger charge is 2.50. The molecule has 0 saturated carbocycles. The number of carboxylic acid groups (broad SMARTS) is 1. The number of carbonyl (C=O) groups excluding carboxylic acids is 2. The maximum atomic E-state index is 11.9. The molecule has 2 rings (SSSR count). The number of carbonyl (C=O) groups is 3. The molecule has 0 aliphatic carbocycles. The first-order chi connectivity index (χ1) is 8.07. The van der Waals surface area contributed by atoms with Crippen LogP contribution >= 0.6 is 0 Å². The van der Waals surface area contributed by atoms with E-state index in [1.54, 1.807) is 30.3 Å². The van der Waals surface area contributed by atoms with Crippen LogP contribution in [0.25, 0.3) is 0 Å². The topological polar surface area (TPSA) is 83.5 Å². The Morgan fingerprint density at radius 1 is 1.24 bits per heavy atom. The predicted octanol–water partition coefficient (Wildman–Crippen LogP) is 0.446. The Kier molecular flexibility index (Phi) is 2.67. The first-order valence-corrected chi connectivity index (χ1v) is 5.20. The van der Waals surface area contributed by atoms with Gasteiger partial charge in [0.2, 0.25) is 11.8 Å². The second-order valence-electron chi connectivity index (χ2n) is 3.95. The molecule has 0 aromatic heterocycles. The van der Waals surface area contributed by atoms with Gasteiger partial charge in [0.25, 0.3) is 0 Å². The number of piperidine rings is 1. The Morgan fingerprint density at radius 2 is 1.88 bits per heavy atom. The van der Waals surface area contributed by atoms with Gasteiger partial charge >= 0.3 is 5.97 Å². The fraction of sp³-hybridized carbons (Fsp3) is 0.250. The molecule has 88 valence electrons. The van der Waals surface area contributed by atoms with Crippen LogP contribution in [-0.4, -0.2) is 22.9 Å². The van der Waals surface area contributed by atoms with E-state index in [-0.39, 0.29) is 12.8 Å². The highest BCUT2D eigenvalue weighted by atomic mass is 16.4. The van der Waals surface area contributed by atoms with Gasteiger partial charge in [0.1, 0.15) is 0 Å². The Bertz CT molecular complexity index is 483. The molecule has 1 aromatic rings. The number of rotatable bonds is 2. The van der Waals surface area contributed by atoms with Crippen LogP contribution in [0.15, 0.2) is 30.3 Å². The summed E-state index contributed by atoms with van der Waals surface area (Å²) >= 11 is 0. The summed E-state index contributed by atoms with van der Waals surface area (Å²) in [5, 5.41) is 11.4. The highest BCUT2D eigenvalue weighted by Crippen LogP contribution is 2.32. The lowest BCUT2D eigenvalue weighted by Crippen LogP contribution is -2.55. The van der Waals surface area contributed by atoms with Crippen molar-refractivity contribution in [2.75, 3.05) is 0 Å². The van der Waals surface area contributed by atoms with Gasteiger partial charge in [-0.3, -0.25) is 19.7 Å². The summed E-state index contributed by atoms with van der Waals surface area (Å²) in [5.74, 6) is -2.41. The molecule has 2 N–H and O–H groups in total. The molecule has 5 heteroatoms. The van der Waals surface area contributed by atoms with Gasteiger partial charge in [-0.1, -0.05) is 30.3 Å². The van der Waals surface area contributed by atoms with Crippen molar-refractivity contribution in [1.29, 1.82) is 0 Å². The summed E-state index contributed by atoms with van der Waals surface area (Å²) in [6.07, 6.45) is 0.0317. The van der Waals surface area contributed by atoms with Gasteiger partial charge in [0.15, 0.2) is 5.41 Å². The molecule has 1 atom stereocenters. The fourth-order valence-corrected chi connectivity index (χ4v) is 2.04. The van der Waals surface area contributed by atoms with E-state index in [2.05, 4.69) is 5.32 Å². The minimum atomic E-state index is -1.64. The van der Waals surface area contributed by atoms with E-state index in [1.165, 1.54) is 0 Å². The Morgan fingerprint density at radius 3 is 2.41 bits per heavy atom. The van der Waals surface area contributed by atoms with Crippen LogP contribution in [0.2, 0.25) is 0 Å².